The maximum atomic E-state index is 11.9. The van der Waals surface area contributed by atoms with Crippen molar-refractivity contribution in [3.8, 4) is 5.75 Å². The van der Waals surface area contributed by atoms with Gasteiger partial charge in [0.1, 0.15) is 11.4 Å². The van der Waals surface area contributed by atoms with Crippen LogP contribution in [0, 0.1) is 0 Å². The third kappa shape index (κ3) is 2.85. The van der Waals surface area contributed by atoms with Crippen LogP contribution in [0.15, 0.2) is 42.9 Å². The maximum Gasteiger partial charge on any atom is 0.387 e. The predicted octanol–water partition coefficient (Wildman–Crippen LogP) is 2.31. The Hall–Kier alpha value is -2.37. The lowest BCUT2D eigenvalue weighted by atomic mass is 10.1. The summed E-state index contributed by atoms with van der Waals surface area (Å²) in [6.07, 6.45) is 4.20. The third-order valence-corrected chi connectivity index (χ3v) is 2.14. The van der Waals surface area contributed by atoms with E-state index in [1.54, 1.807) is 0 Å². The molecule has 0 fully saturated rings. The average molecular weight is 250 g/mol. The summed E-state index contributed by atoms with van der Waals surface area (Å²) in [6, 6.07) is 5.40. The van der Waals surface area contributed by atoms with Crippen LogP contribution in [0.2, 0.25) is 0 Å². The van der Waals surface area contributed by atoms with E-state index in [1.807, 2.05) is 0 Å². The molecule has 92 valence electrons. The number of alkyl halides is 2. The van der Waals surface area contributed by atoms with E-state index in [2.05, 4.69) is 14.7 Å². The lowest BCUT2D eigenvalue weighted by molar-refractivity contribution is -0.0498. The van der Waals surface area contributed by atoms with E-state index in [4.69, 9.17) is 0 Å². The molecule has 2 rings (SSSR count). The van der Waals surface area contributed by atoms with Crippen LogP contribution >= 0.6 is 0 Å². The number of carbonyl (C=O) groups is 1. The second-order valence-corrected chi connectivity index (χ2v) is 3.32. The molecular weight excluding hydrogens is 242 g/mol. The standard InChI is InChI=1S/C12H8F2N2O2/c13-12(14)18-9-3-1-8(2-4-9)11(17)10-7-15-5-6-16-10/h1-7,12H. The first-order valence-electron chi connectivity index (χ1n) is 5.02. The quantitative estimate of drug-likeness (QED) is 0.781. The summed E-state index contributed by atoms with van der Waals surface area (Å²) in [4.78, 5) is 19.5. The van der Waals surface area contributed by atoms with Crippen LogP contribution in [0.4, 0.5) is 8.78 Å². The number of rotatable bonds is 4. The molecule has 0 amide bonds. The molecule has 0 radical (unpaired) electrons. The Labute approximate surface area is 101 Å². The molecule has 1 aromatic heterocycles. The summed E-state index contributed by atoms with van der Waals surface area (Å²) in [7, 11) is 0. The van der Waals surface area contributed by atoms with Crippen molar-refractivity contribution in [3.05, 3.63) is 54.1 Å². The Kier molecular flexibility index (Phi) is 3.57. The molecule has 4 nitrogen and oxygen atoms in total. The monoisotopic (exact) mass is 250 g/mol. The van der Waals surface area contributed by atoms with E-state index < -0.39 is 6.61 Å². The first kappa shape index (κ1) is 12.1. The van der Waals surface area contributed by atoms with Gasteiger partial charge in [0, 0.05) is 18.0 Å². The second-order valence-electron chi connectivity index (χ2n) is 3.32. The molecule has 0 aliphatic carbocycles. The van der Waals surface area contributed by atoms with Gasteiger partial charge < -0.3 is 4.74 Å². The lowest BCUT2D eigenvalue weighted by Gasteiger charge is -2.04. The molecule has 0 N–H and O–H groups in total. The zero-order valence-corrected chi connectivity index (χ0v) is 9.09. The molecular formula is C12H8F2N2O2. The highest BCUT2D eigenvalue weighted by Crippen LogP contribution is 2.16. The number of aromatic nitrogens is 2. The van der Waals surface area contributed by atoms with E-state index >= 15 is 0 Å². The van der Waals surface area contributed by atoms with Gasteiger partial charge in [-0.05, 0) is 24.3 Å². The van der Waals surface area contributed by atoms with Gasteiger partial charge >= 0.3 is 6.61 Å². The smallest absolute Gasteiger partial charge is 0.387 e. The summed E-state index contributed by atoms with van der Waals surface area (Å²) in [5.74, 6) is -0.326. The molecule has 1 heterocycles. The minimum absolute atomic E-state index is 0.000644. The number of benzene rings is 1. The molecule has 0 aliphatic rings. The Balaban J connectivity index is 2.17. The Bertz CT molecular complexity index is 530. The fourth-order valence-electron chi connectivity index (χ4n) is 1.35. The summed E-state index contributed by atoms with van der Waals surface area (Å²) in [5.41, 5.74) is 0.525. The van der Waals surface area contributed by atoms with E-state index in [0.29, 0.717) is 5.56 Å². The number of halogens is 2. The number of ether oxygens (including phenoxy) is 1. The van der Waals surface area contributed by atoms with Gasteiger partial charge in [0.25, 0.3) is 0 Å². The number of hydrogen-bond donors (Lipinski definition) is 0. The fraction of sp³-hybridized carbons (Fsp3) is 0.0833. The SMILES string of the molecule is O=C(c1ccc(OC(F)F)cc1)c1cnccn1. The molecule has 1 aromatic carbocycles. The number of nitrogens with zero attached hydrogens (tertiary/aromatic N) is 2. The van der Waals surface area contributed by atoms with Crippen molar-refractivity contribution in [2.45, 2.75) is 6.61 Å². The minimum atomic E-state index is -2.88. The van der Waals surface area contributed by atoms with Crippen LogP contribution in [0.25, 0.3) is 0 Å². The van der Waals surface area contributed by atoms with Crippen molar-refractivity contribution in [2.24, 2.45) is 0 Å². The van der Waals surface area contributed by atoms with Crippen molar-refractivity contribution in [1.29, 1.82) is 0 Å². The van der Waals surface area contributed by atoms with Crippen LogP contribution < -0.4 is 4.74 Å². The highest BCUT2D eigenvalue weighted by Gasteiger charge is 2.11. The summed E-state index contributed by atoms with van der Waals surface area (Å²) >= 11 is 0. The van der Waals surface area contributed by atoms with Crippen molar-refractivity contribution in [2.75, 3.05) is 0 Å². The van der Waals surface area contributed by atoms with Gasteiger partial charge in [-0.3, -0.25) is 9.78 Å². The van der Waals surface area contributed by atoms with Crippen LogP contribution in [0.1, 0.15) is 16.1 Å². The topological polar surface area (TPSA) is 52.1 Å². The van der Waals surface area contributed by atoms with E-state index in [1.165, 1.54) is 42.9 Å². The maximum absolute atomic E-state index is 11.9. The molecule has 18 heavy (non-hydrogen) atoms. The van der Waals surface area contributed by atoms with Crippen molar-refractivity contribution in [1.82, 2.24) is 9.97 Å². The molecule has 2 aromatic rings. The zero-order chi connectivity index (χ0) is 13.0. The minimum Gasteiger partial charge on any atom is -0.435 e. The van der Waals surface area contributed by atoms with Crippen LogP contribution in [0.5, 0.6) is 5.75 Å². The highest BCUT2D eigenvalue weighted by atomic mass is 19.3. The lowest BCUT2D eigenvalue weighted by Crippen LogP contribution is -2.05. The molecule has 0 bridgehead atoms. The van der Waals surface area contributed by atoms with Gasteiger partial charge in [-0.25, -0.2) is 4.98 Å². The largest absolute Gasteiger partial charge is 0.435 e. The van der Waals surface area contributed by atoms with E-state index in [0.717, 1.165) is 0 Å². The number of carbonyl (C=O) groups excluding carboxylic acids is 1. The first-order valence-corrected chi connectivity index (χ1v) is 5.02. The van der Waals surface area contributed by atoms with Gasteiger partial charge in [0.05, 0.1) is 6.20 Å². The Morgan fingerprint density at radius 1 is 1.17 bits per heavy atom. The molecule has 0 atom stereocenters. The summed E-state index contributed by atoms with van der Waals surface area (Å²) in [5, 5.41) is 0. The average Bonchev–Trinajstić information content (AvgIpc) is 2.39. The summed E-state index contributed by atoms with van der Waals surface area (Å²) in [6.45, 7) is -2.88. The van der Waals surface area contributed by atoms with Gasteiger partial charge in [-0.2, -0.15) is 8.78 Å². The van der Waals surface area contributed by atoms with Gasteiger partial charge in [-0.1, -0.05) is 0 Å². The van der Waals surface area contributed by atoms with Crippen molar-refractivity contribution < 1.29 is 18.3 Å². The molecule has 6 heteroatoms. The molecule has 0 spiro atoms. The second kappa shape index (κ2) is 5.31. The first-order chi connectivity index (χ1) is 8.66. The Morgan fingerprint density at radius 3 is 2.44 bits per heavy atom. The molecule has 0 saturated heterocycles. The zero-order valence-electron chi connectivity index (χ0n) is 9.09. The molecule has 0 aliphatic heterocycles. The van der Waals surface area contributed by atoms with Gasteiger partial charge in [-0.15, -0.1) is 0 Å². The van der Waals surface area contributed by atoms with Crippen molar-refractivity contribution in [3.63, 3.8) is 0 Å². The van der Waals surface area contributed by atoms with Gasteiger partial charge in [0.2, 0.25) is 5.78 Å². The highest BCUT2D eigenvalue weighted by molar-refractivity contribution is 6.07. The fourth-order valence-corrected chi connectivity index (χ4v) is 1.35. The Morgan fingerprint density at radius 2 is 1.89 bits per heavy atom. The van der Waals surface area contributed by atoms with Gasteiger partial charge in [0.15, 0.2) is 0 Å². The van der Waals surface area contributed by atoms with Crippen LogP contribution in [0.3, 0.4) is 0 Å². The molecule has 0 unspecified atom stereocenters. The van der Waals surface area contributed by atoms with E-state index in [9.17, 15) is 13.6 Å². The number of ketones is 1. The summed E-state index contributed by atoms with van der Waals surface area (Å²) < 4.78 is 28.1. The van der Waals surface area contributed by atoms with E-state index in [-0.39, 0.29) is 17.2 Å². The molecule has 0 saturated carbocycles. The van der Waals surface area contributed by atoms with Crippen LogP contribution in [-0.4, -0.2) is 22.4 Å². The third-order valence-electron chi connectivity index (χ3n) is 2.14. The van der Waals surface area contributed by atoms with Crippen molar-refractivity contribution >= 4 is 5.78 Å². The predicted molar refractivity (Wildman–Crippen MR) is 58.5 cm³/mol. The van der Waals surface area contributed by atoms with Crippen LogP contribution in [-0.2, 0) is 0 Å². The normalized spacial score (nSPS) is 10.4. The number of hydrogen-bond acceptors (Lipinski definition) is 4.